The summed E-state index contributed by atoms with van der Waals surface area (Å²) in [5.74, 6) is -1.29. The van der Waals surface area contributed by atoms with Crippen LogP contribution in [0.1, 0.15) is 43.1 Å². The fourth-order valence-corrected chi connectivity index (χ4v) is 3.31. The van der Waals surface area contributed by atoms with Crippen LogP contribution in [-0.4, -0.2) is 23.5 Å². The van der Waals surface area contributed by atoms with Crippen molar-refractivity contribution in [3.05, 3.63) is 76.7 Å². The highest BCUT2D eigenvalue weighted by Gasteiger charge is 2.35. The van der Waals surface area contributed by atoms with E-state index in [4.69, 9.17) is 4.74 Å². The van der Waals surface area contributed by atoms with Crippen molar-refractivity contribution in [1.29, 1.82) is 0 Å². The Balaban J connectivity index is 1.90. The number of hydrogen-bond acceptors (Lipinski definition) is 5. The average Bonchev–Trinajstić information content (AvgIpc) is 2.81. The highest BCUT2D eigenvalue weighted by atomic mass is 19.3. The molecule has 0 spiro atoms. The lowest BCUT2D eigenvalue weighted by molar-refractivity contribution is -0.158. The van der Waals surface area contributed by atoms with E-state index in [1.165, 1.54) is 19.1 Å². The third-order valence-electron chi connectivity index (χ3n) is 5.38. The van der Waals surface area contributed by atoms with E-state index in [1.54, 1.807) is 43.3 Å². The van der Waals surface area contributed by atoms with E-state index < -0.39 is 23.5 Å². The number of carbonyl (C=O) groups is 2. The molecule has 0 radical (unpaired) electrons. The summed E-state index contributed by atoms with van der Waals surface area (Å²) in [5.41, 5.74) is -0.633. The molecule has 3 aromatic rings. The third-order valence-corrected chi connectivity index (χ3v) is 5.38. The van der Waals surface area contributed by atoms with Crippen LogP contribution in [0.25, 0.3) is 10.8 Å². The van der Waals surface area contributed by atoms with E-state index >= 15 is 0 Å². The molecule has 1 unspecified atom stereocenters. The first kappa shape index (κ1) is 24.8. The van der Waals surface area contributed by atoms with Crippen molar-refractivity contribution in [3.63, 3.8) is 0 Å². The molecule has 7 nitrogen and oxygen atoms in total. The van der Waals surface area contributed by atoms with Gasteiger partial charge in [0, 0.05) is 17.5 Å². The smallest absolute Gasteiger partial charge is 0.394 e. The molecule has 178 valence electrons. The number of nitrogens with zero attached hydrogens (tertiary/aromatic N) is 1. The number of alkyl halides is 2. The molecule has 0 aromatic heterocycles. The Bertz CT molecular complexity index is 1210. The van der Waals surface area contributed by atoms with Crippen molar-refractivity contribution in [1.82, 2.24) is 5.32 Å². The molecule has 0 aliphatic heterocycles. The fourth-order valence-electron chi connectivity index (χ4n) is 3.31. The van der Waals surface area contributed by atoms with Gasteiger partial charge in [0.2, 0.25) is 0 Å². The monoisotopic (exact) mass is 470 g/mol. The van der Waals surface area contributed by atoms with Gasteiger partial charge < -0.3 is 14.8 Å². The summed E-state index contributed by atoms with van der Waals surface area (Å²) >= 11 is 0. The fraction of sp³-hybridized carbons (Fsp3) is 0.280. The lowest BCUT2D eigenvalue weighted by atomic mass is 9.96. The van der Waals surface area contributed by atoms with Crippen LogP contribution in [0.15, 0.2) is 65.8 Å². The molecule has 1 N–H and O–H groups in total. The summed E-state index contributed by atoms with van der Waals surface area (Å²) in [5, 5.41) is 6.55. The number of hydrogen-bond donors (Lipinski definition) is 1. The molecule has 2 amide bonds. The maximum atomic E-state index is 13.1. The van der Waals surface area contributed by atoms with E-state index in [2.05, 4.69) is 15.2 Å². The van der Waals surface area contributed by atoms with Crippen LogP contribution in [0.4, 0.5) is 8.78 Å². The SMILES string of the molecule is CCC(C)(NC(=O)c1ccc2ccccc2c1OCc1ccc(OC(C)(F)F)cc1)C(=O)N=O. The lowest BCUT2D eigenvalue weighted by Crippen LogP contribution is -2.51. The number of fused-ring (bicyclic) bond motifs is 1. The van der Waals surface area contributed by atoms with Gasteiger partial charge in [-0.15, -0.1) is 4.91 Å². The molecule has 0 heterocycles. The molecule has 3 rings (SSSR count). The largest absolute Gasteiger partial charge is 0.487 e. The summed E-state index contributed by atoms with van der Waals surface area (Å²) in [6, 6.07) is 16.6. The van der Waals surface area contributed by atoms with Crippen molar-refractivity contribution >= 4 is 22.6 Å². The molecule has 0 aliphatic rings. The van der Waals surface area contributed by atoms with Gasteiger partial charge in [-0.05, 0) is 42.5 Å². The first-order chi connectivity index (χ1) is 16.1. The second-order valence-electron chi connectivity index (χ2n) is 8.04. The molecule has 34 heavy (non-hydrogen) atoms. The quantitative estimate of drug-likeness (QED) is 0.411. The minimum absolute atomic E-state index is 0.00813. The van der Waals surface area contributed by atoms with Crippen LogP contribution >= 0.6 is 0 Å². The zero-order valence-electron chi connectivity index (χ0n) is 18.9. The number of amides is 2. The Morgan fingerprint density at radius 1 is 1.00 bits per heavy atom. The van der Waals surface area contributed by atoms with Gasteiger partial charge in [0.05, 0.1) is 5.56 Å². The summed E-state index contributed by atoms with van der Waals surface area (Å²) in [7, 11) is 0. The normalized spacial score (nSPS) is 13.1. The van der Waals surface area contributed by atoms with Crippen LogP contribution in [0.5, 0.6) is 11.5 Å². The van der Waals surface area contributed by atoms with E-state index in [1.807, 2.05) is 12.1 Å². The number of rotatable bonds is 9. The molecular formula is C25H24F2N2O5. The molecule has 0 fully saturated rings. The number of ether oxygens (including phenoxy) is 2. The van der Waals surface area contributed by atoms with Crippen molar-refractivity contribution in [2.45, 2.75) is 45.4 Å². The highest BCUT2D eigenvalue weighted by molar-refractivity contribution is 6.05. The van der Waals surface area contributed by atoms with Gasteiger partial charge in [-0.3, -0.25) is 9.59 Å². The minimum Gasteiger partial charge on any atom is -0.487 e. The molecule has 0 saturated heterocycles. The summed E-state index contributed by atoms with van der Waals surface area (Å²) < 4.78 is 36.6. The number of carbonyl (C=O) groups excluding carboxylic acids is 2. The Morgan fingerprint density at radius 2 is 1.68 bits per heavy atom. The zero-order valence-corrected chi connectivity index (χ0v) is 18.9. The Labute approximate surface area is 195 Å². The number of nitroso groups, excluding NO2 is 1. The van der Waals surface area contributed by atoms with Crippen molar-refractivity contribution in [2.24, 2.45) is 5.18 Å². The zero-order chi connectivity index (χ0) is 24.9. The molecule has 0 aliphatic carbocycles. The van der Waals surface area contributed by atoms with Crippen molar-refractivity contribution in [2.75, 3.05) is 0 Å². The van der Waals surface area contributed by atoms with Gasteiger partial charge >= 0.3 is 12.0 Å². The van der Waals surface area contributed by atoms with Crippen molar-refractivity contribution < 1.29 is 27.8 Å². The van der Waals surface area contributed by atoms with E-state index in [0.717, 1.165) is 5.39 Å². The maximum Gasteiger partial charge on any atom is 0.394 e. The van der Waals surface area contributed by atoms with Gasteiger partial charge in [-0.1, -0.05) is 49.4 Å². The van der Waals surface area contributed by atoms with Crippen LogP contribution in [-0.2, 0) is 11.4 Å². The second kappa shape index (κ2) is 9.94. The van der Waals surface area contributed by atoms with E-state index in [-0.39, 0.29) is 30.1 Å². The molecule has 3 aromatic carbocycles. The van der Waals surface area contributed by atoms with Crippen LogP contribution < -0.4 is 14.8 Å². The molecule has 9 heteroatoms. The van der Waals surface area contributed by atoms with Crippen LogP contribution in [0, 0.1) is 4.91 Å². The Morgan fingerprint density at radius 3 is 2.29 bits per heavy atom. The van der Waals surface area contributed by atoms with Crippen molar-refractivity contribution in [3.8, 4) is 11.5 Å². The van der Waals surface area contributed by atoms with Crippen LogP contribution in [0.3, 0.4) is 0 Å². The van der Waals surface area contributed by atoms with Gasteiger partial charge in [0.15, 0.2) is 0 Å². The van der Waals surface area contributed by atoms with E-state index in [0.29, 0.717) is 17.9 Å². The average molecular weight is 470 g/mol. The summed E-state index contributed by atoms with van der Waals surface area (Å²) in [6.45, 7) is 3.78. The Kier molecular flexibility index (Phi) is 7.24. The lowest BCUT2D eigenvalue weighted by Gasteiger charge is -2.25. The first-order valence-electron chi connectivity index (χ1n) is 10.6. The standard InChI is InChI=1S/C25H24F2N2O5/c1-4-24(2,23(31)29-32)28-22(30)20-14-11-17-7-5-6-8-19(17)21(20)33-15-16-9-12-18(13-10-16)34-25(3,26)27/h5-14H,4,15H2,1-3H3,(H,28,30). The van der Waals surface area contributed by atoms with Gasteiger partial charge in [0.1, 0.15) is 23.6 Å². The number of benzene rings is 3. The summed E-state index contributed by atoms with van der Waals surface area (Å²) in [6.07, 6.45) is -3.13. The molecular weight excluding hydrogens is 446 g/mol. The molecule has 0 bridgehead atoms. The minimum atomic E-state index is -3.29. The second-order valence-corrected chi connectivity index (χ2v) is 8.04. The first-order valence-corrected chi connectivity index (χ1v) is 10.6. The molecule has 1 atom stereocenters. The highest BCUT2D eigenvalue weighted by Crippen LogP contribution is 2.32. The molecule has 0 saturated carbocycles. The predicted molar refractivity (Wildman–Crippen MR) is 123 cm³/mol. The van der Waals surface area contributed by atoms with Gasteiger partial charge in [-0.25, -0.2) is 0 Å². The van der Waals surface area contributed by atoms with Gasteiger partial charge in [0.25, 0.3) is 5.91 Å². The van der Waals surface area contributed by atoms with Gasteiger partial charge in [-0.2, -0.15) is 8.78 Å². The third kappa shape index (κ3) is 5.72. The van der Waals surface area contributed by atoms with Crippen LogP contribution in [0.2, 0.25) is 0 Å². The number of nitrogens with one attached hydrogen (secondary N) is 1. The summed E-state index contributed by atoms with van der Waals surface area (Å²) in [4.78, 5) is 35.9. The van der Waals surface area contributed by atoms with E-state index in [9.17, 15) is 23.3 Å². The Hall–Kier alpha value is -3.88. The topological polar surface area (TPSA) is 94.1 Å². The maximum absolute atomic E-state index is 13.1. The predicted octanol–water partition coefficient (Wildman–Crippen LogP) is 5.60. The number of halogens is 2.